The molecule has 2 aromatic rings. The number of nitrogens with zero attached hydrogens (tertiary/aromatic N) is 2. The molecule has 1 saturated heterocycles. The first-order valence-corrected chi connectivity index (χ1v) is 8.02. The van der Waals surface area contributed by atoms with E-state index in [1.54, 1.807) is 12.3 Å². The molecule has 24 heavy (non-hydrogen) atoms. The second-order valence-corrected chi connectivity index (χ2v) is 6.03. The van der Waals surface area contributed by atoms with Crippen LogP contribution in [0, 0.1) is 0 Å². The van der Waals surface area contributed by atoms with Gasteiger partial charge < -0.3 is 15.5 Å². The largest absolute Gasteiger partial charge is 0.478 e. The molecule has 1 unspecified atom stereocenters. The topological polar surface area (TPSA) is 85.7 Å². The van der Waals surface area contributed by atoms with Crippen LogP contribution in [0.5, 0.6) is 0 Å². The zero-order chi connectivity index (χ0) is 16.9. The Morgan fingerprint density at radius 1 is 1.29 bits per heavy atom. The number of pyridine rings is 1. The van der Waals surface area contributed by atoms with E-state index in [0.29, 0.717) is 18.8 Å². The van der Waals surface area contributed by atoms with Gasteiger partial charge in [-0.05, 0) is 23.6 Å². The number of carbonyl (C=O) groups is 1. The summed E-state index contributed by atoms with van der Waals surface area (Å²) in [5.74, 6) is -0.995. The Morgan fingerprint density at radius 2 is 2.08 bits per heavy atom. The molecule has 1 aromatic heterocycles. The van der Waals surface area contributed by atoms with Gasteiger partial charge in [0, 0.05) is 38.6 Å². The molecule has 1 atom stereocenters. The monoisotopic (exact) mass is 327 g/mol. The molecule has 1 aliphatic heterocycles. The molecule has 126 valence electrons. The van der Waals surface area contributed by atoms with Crippen LogP contribution in [0.2, 0.25) is 0 Å². The summed E-state index contributed by atoms with van der Waals surface area (Å²) in [7, 11) is 0. The van der Waals surface area contributed by atoms with Crippen molar-refractivity contribution < 1.29 is 15.0 Å². The fourth-order valence-corrected chi connectivity index (χ4v) is 2.99. The van der Waals surface area contributed by atoms with Crippen LogP contribution < -0.4 is 5.32 Å². The highest BCUT2D eigenvalue weighted by atomic mass is 16.4. The van der Waals surface area contributed by atoms with E-state index in [9.17, 15) is 15.0 Å². The first kappa shape index (κ1) is 16.4. The molecule has 0 spiro atoms. The Balaban J connectivity index is 1.71. The molecule has 1 fully saturated rings. The molecule has 3 N–H and O–H groups in total. The smallest absolute Gasteiger partial charge is 0.339 e. The summed E-state index contributed by atoms with van der Waals surface area (Å²) in [6.45, 7) is 2.93. The number of anilines is 1. The van der Waals surface area contributed by atoms with E-state index in [1.807, 2.05) is 18.2 Å². The van der Waals surface area contributed by atoms with Crippen molar-refractivity contribution >= 4 is 11.7 Å². The Bertz CT molecular complexity index is 720. The van der Waals surface area contributed by atoms with Crippen LogP contribution in [-0.4, -0.2) is 45.3 Å². The second kappa shape index (κ2) is 7.42. The first-order valence-electron chi connectivity index (χ1n) is 8.02. The fourth-order valence-electron chi connectivity index (χ4n) is 2.99. The maximum absolute atomic E-state index is 11.3. The van der Waals surface area contributed by atoms with Gasteiger partial charge in [0.15, 0.2) is 0 Å². The molecule has 0 bridgehead atoms. The zero-order valence-corrected chi connectivity index (χ0v) is 13.4. The van der Waals surface area contributed by atoms with Gasteiger partial charge in [0.05, 0.1) is 11.8 Å². The van der Waals surface area contributed by atoms with Crippen molar-refractivity contribution in [1.82, 2.24) is 9.88 Å². The lowest BCUT2D eigenvalue weighted by Crippen LogP contribution is -2.22. The number of benzene rings is 1. The standard InChI is InChI=1S/C18H21N3O3/c22-15-6-8-21(12-15)11-14-4-2-1-3-13(14)9-20-17-5-7-19-10-16(17)18(23)24/h1-5,7,10,15,22H,6,8-9,11-12H2,(H,19,20)(H,23,24). The minimum absolute atomic E-state index is 0.164. The number of carboxylic acid groups (broad SMARTS) is 1. The van der Waals surface area contributed by atoms with Crippen molar-refractivity contribution in [3.05, 3.63) is 59.4 Å². The molecule has 2 heterocycles. The highest BCUT2D eigenvalue weighted by molar-refractivity contribution is 5.93. The Kier molecular flexibility index (Phi) is 5.08. The van der Waals surface area contributed by atoms with Crippen LogP contribution in [0.3, 0.4) is 0 Å². The van der Waals surface area contributed by atoms with Gasteiger partial charge in [-0.15, -0.1) is 0 Å². The van der Waals surface area contributed by atoms with Gasteiger partial charge in [-0.25, -0.2) is 4.79 Å². The van der Waals surface area contributed by atoms with E-state index in [1.165, 1.54) is 11.8 Å². The lowest BCUT2D eigenvalue weighted by Gasteiger charge is -2.18. The first-order chi connectivity index (χ1) is 11.6. The SMILES string of the molecule is O=C(O)c1cnccc1NCc1ccccc1CN1CCC(O)C1. The average Bonchev–Trinajstić information content (AvgIpc) is 2.99. The molecule has 1 aromatic carbocycles. The van der Waals surface area contributed by atoms with Gasteiger partial charge in [-0.2, -0.15) is 0 Å². The van der Waals surface area contributed by atoms with Crippen LogP contribution in [-0.2, 0) is 13.1 Å². The van der Waals surface area contributed by atoms with Gasteiger partial charge in [-0.1, -0.05) is 24.3 Å². The van der Waals surface area contributed by atoms with Gasteiger partial charge in [-0.3, -0.25) is 9.88 Å². The molecule has 1 aliphatic rings. The average molecular weight is 327 g/mol. The Morgan fingerprint density at radius 3 is 2.79 bits per heavy atom. The van der Waals surface area contributed by atoms with Crippen molar-refractivity contribution in [2.45, 2.75) is 25.6 Å². The van der Waals surface area contributed by atoms with Gasteiger partial charge in [0.25, 0.3) is 0 Å². The van der Waals surface area contributed by atoms with Crippen LogP contribution in [0.15, 0.2) is 42.7 Å². The summed E-state index contributed by atoms with van der Waals surface area (Å²) >= 11 is 0. The van der Waals surface area contributed by atoms with Crippen LogP contribution >= 0.6 is 0 Å². The molecule has 6 heteroatoms. The summed E-state index contributed by atoms with van der Waals surface area (Å²) in [4.78, 5) is 17.3. The highest BCUT2D eigenvalue weighted by Crippen LogP contribution is 2.19. The number of aliphatic hydroxyl groups excluding tert-OH is 1. The second-order valence-electron chi connectivity index (χ2n) is 6.03. The normalized spacial score (nSPS) is 17.8. The highest BCUT2D eigenvalue weighted by Gasteiger charge is 2.20. The molecule has 3 rings (SSSR count). The zero-order valence-electron chi connectivity index (χ0n) is 13.4. The number of hydrogen-bond donors (Lipinski definition) is 3. The number of β-amino-alcohol motifs (C(OH)–C–C–N with tert-alkyl or cyclic N) is 1. The van der Waals surface area contributed by atoms with E-state index < -0.39 is 5.97 Å². The third kappa shape index (κ3) is 3.90. The summed E-state index contributed by atoms with van der Waals surface area (Å²) < 4.78 is 0. The third-order valence-electron chi connectivity index (χ3n) is 4.28. The van der Waals surface area contributed by atoms with Crippen LogP contribution in [0.1, 0.15) is 27.9 Å². The quantitative estimate of drug-likeness (QED) is 0.752. The van der Waals surface area contributed by atoms with Gasteiger partial charge in [0.1, 0.15) is 5.56 Å². The van der Waals surface area contributed by atoms with E-state index in [4.69, 9.17) is 0 Å². The minimum atomic E-state index is -0.995. The number of hydrogen-bond acceptors (Lipinski definition) is 5. The maximum atomic E-state index is 11.3. The summed E-state index contributed by atoms with van der Waals surface area (Å²) in [5, 5.41) is 22.1. The maximum Gasteiger partial charge on any atom is 0.339 e. The van der Waals surface area contributed by atoms with Gasteiger partial charge in [0.2, 0.25) is 0 Å². The Labute approximate surface area is 140 Å². The summed E-state index contributed by atoms with van der Waals surface area (Å²) in [6.07, 6.45) is 3.51. The van der Waals surface area contributed by atoms with E-state index in [0.717, 1.165) is 25.1 Å². The van der Waals surface area contributed by atoms with Crippen LogP contribution in [0.25, 0.3) is 0 Å². The minimum Gasteiger partial charge on any atom is -0.478 e. The van der Waals surface area contributed by atoms with Crippen molar-refractivity contribution in [3.63, 3.8) is 0 Å². The number of aromatic nitrogens is 1. The van der Waals surface area contributed by atoms with Crippen molar-refractivity contribution in [1.29, 1.82) is 0 Å². The Hall–Kier alpha value is -2.44. The van der Waals surface area contributed by atoms with E-state index in [2.05, 4.69) is 21.3 Å². The van der Waals surface area contributed by atoms with Crippen LogP contribution in [0.4, 0.5) is 5.69 Å². The predicted molar refractivity (Wildman–Crippen MR) is 90.9 cm³/mol. The summed E-state index contributed by atoms with van der Waals surface area (Å²) in [6, 6.07) is 9.76. The molecule has 6 nitrogen and oxygen atoms in total. The fraction of sp³-hybridized carbons (Fsp3) is 0.333. The molecule has 0 amide bonds. The van der Waals surface area contributed by atoms with Gasteiger partial charge >= 0.3 is 5.97 Å². The number of nitrogens with one attached hydrogen (secondary N) is 1. The molecular weight excluding hydrogens is 306 g/mol. The molecule has 0 radical (unpaired) electrons. The lowest BCUT2D eigenvalue weighted by atomic mass is 10.1. The number of likely N-dealkylation sites (tertiary alicyclic amines) is 1. The lowest BCUT2D eigenvalue weighted by molar-refractivity contribution is 0.0697. The van der Waals surface area contributed by atoms with Crippen molar-refractivity contribution in [2.24, 2.45) is 0 Å². The van der Waals surface area contributed by atoms with E-state index >= 15 is 0 Å². The molecule has 0 aliphatic carbocycles. The number of aromatic carboxylic acids is 1. The predicted octanol–water partition coefficient (Wildman–Crippen LogP) is 1.96. The third-order valence-corrected chi connectivity index (χ3v) is 4.28. The van der Waals surface area contributed by atoms with E-state index in [-0.39, 0.29) is 11.7 Å². The summed E-state index contributed by atoms with van der Waals surface area (Å²) in [5.41, 5.74) is 3.03. The van der Waals surface area contributed by atoms with Crippen molar-refractivity contribution in [2.75, 3.05) is 18.4 Å². The number of carboxylic acids is 1. The van der Waals surface area contributed by atoms with Crippen molar-refractivity contribution in [3.8, 4) is 0 Å². The molecule has 0 saturated carbocycles. The number of aliphatic hydroxyl groups is 1. The number of rotatable bonds is 6. The molecular formula is C18H21N3O3.